The van der Waals surface area contributed by atoms with Gasteiger partial charge in [0.25, 0.3) is 11.8 Å². The fraction of sp³-hybridized carbons (Fsp3) is 0.429. The average molecular weight is 354 g/mol. The molecule has 1 aromatic carbocycles. The summed E-state index contributed by atoms with van der Waals surface area (Å²) in [6.45, 7) is 8.25. The molecular weight excluding hydrogens is 328 g/mol. The van der Waals surface area contributed by atoms with Gasteiger partial charge in [-0.3, -0.25) is 14.5 Å². The Balaban J connectivity index is 1.97. The van der Waals surface area contributed by atoms with Gasteiger partial charge in [0.2, 0.25) is 0 Å². The van der Waals surface area contributed by atoms with E-state index in [9.17, 15) is 9.59 Å². The van der Waals surface area contributed by atoms with Gasteiger partial charge in [0.05, 0.1) is 12.2 Å². The Morgan fingerprint density at radius 3 is 2.38 bits per heavy atom. The Morgan fingerprint density at radius 1 is 1.08 bits per heavy atom. The van der Waals surface area contributed by atoms with Gasteiger partial charge in [0.15, 0.2) is 0 Å². The third-order valence-electron chi connectivity index (χ3n) is 4.74. The SMILES string of the molecule is C=CCN1C(=O)C(c2ccc(OCCC)cc2)=C(N2CCCCC2)C1=O. The summed E-state index contributed by atoms with van der Waals surface area (Å²) >= 11 is 0. The summed E-state index contributed by atoms with van der Waals surface area (Å²) in [5, 5.41) is 0. The van der Waals surface area contributed by atoms with E-state index in [1.807, 2.05) is 24.3 Å². The molecule has 1 saturated heterocycles. The summed E-state index contributed by atoms with van der Waals surface area (Å²) in [5.74, 6) is 0.325. The lowest BCUT2D eigenvalue weighted by Gasteiger charge is -2.29. The third kappa shape index (κ3) is 3.52. The Bertz CT molecular complexity index is 715. The first-order chi connectivity index (χ1) is 12.7. The Morgan fingerprint density at radius 2 is 1.77 bits per heavy atom. The van der Waals surface area contributed by atoms with Crippen LogP contribution in [0.3, 0.4) is 0 Å². The first kappa shape index (κ1) is 18.2. The third-order valence-corrected chi connectivity index (χ3v) is 4.74. The van der Waals surface area contributed by atoms with Crippen molar-refractivity contribution in [3.8, 4) is 5.75 Å². The van der Waals surface area contributed by atoms with Crippen LogP contribution in [0.25, 0.3) is 5.57 Å². The lowest BCUT2D eigenvalue weighted by Crippen LogP contribution is -2.37. The molecule has 2 amide bonds. The second kappa shape index (κ2) is 8.21. The van der Waals surface area contributed by atoms with Crippen LogP contribution < -0.4 is 4.74 Å². The number of amides is 2. The van der Waals surface area contributed by atoms with Gasteiger partial charge in [-0.15, -0.1) is 6.58 Å². The Labute approximate surface area is 154 Å². The molecule has 0 bridgehead atoms. The predicted molar refractivity (Wildman–Crippen MR) is 101 cm³/mol. The maximum Gasteiger partial charge on any atom is 0.278 e. The highest BCUT2D eigenvalue weighted by atomic mass is 16.5. The van der Waals surface area contributed by atoms with Gasteiger partial charge >= 0.3 is 0 Å². The number of piperidine rings is 1. The molecule has 2 heterocycles. The summed E-state index contributed by atoms with van der Waals surface area (Å²) in [6.07, 6.45) is 5.79. The lowest BCUT2D eigenvalue weighted by atomic mass is 10.0. The fourth-order valence-electron chi connectivity index (χ4n) is 3.47. The number of hydrogen-bond acceptors (Lipinski definition) is 4. The molecule has 1 aromatic rings. The zero-order chi connectivity index (χ0) is 18.5. The maximum absolute atomic E-state index is 13.0. The van der Waals surface area contributed by atoms with Crippen molar-refractivity contribution < 1.29 is 14.3 Å². The summed E-state index contributed by atoms with van der Waals surface area (Å²) in [4.78, 5) is 29.2. The van der Waals surface area contributed by atoms with Gasteiger partial charge in [-0.05, 0) is 43.4 Å². The minimum Gasteiger partial charge on any atom is -0.494 e. The summed E-state index contributed by atoms with van der Waals surface area (Å²) in [6, 6.07) is 7.46. The number of carbonyl (C=O) groups is 2. The van der Waals surface area contributed by atoms with Gasteiger partial charge in [0, 0.05) is 19.6 Å². The predicted octanol–water partition coefficient (Wildman–Crippen LogP) is 3.23. The number of likely N-dealkylation sites (tertiary alicyclic amines) is 1. The monoisotopic (exact) mass is 354 g/mol. The lowest BCUT2D eigenvalue weighted by molar-refractivity contribution is -0.136. The normalized spacial score (nSPS) is 17.9. The molecule has 2 aliphatic rings. The van der Waals surface area contributed by atoms with E-state index in [0.29, 0.717) is 17.9 Å². The van der Waals surface area contributed by atoms with E-state index in [0.717, 1.165) is 43.7 Å². The second-order valence-corrected chi connectivity index (χ2v) is 6.65. The number of imide groups is 1. The molecule has 0 N–H and O–H groups in total. The molecule has 0 saturated carbocycles. The summed E-state index contributed by atoms with van der Waals surface area (Å²) < 4.78 is 5.62. The number of nitrogens with zero attached hydrogens (tertiary/aromatic N) is 2. The first-order valence-electron chi connectivity index (χ1n) is 9.37. The maximum atomic E-state index is 13.0. The standard InChI is InChI=1S/C21H26N2O3/c1-3-12-23-20(24)18(16-8-10-17(11-9-16)26-15-4-2)19(21(23)25)22-13-6-5-7-14-22/h3,8-11H,1,4-7,12-15H2,2H3. The van der Waals surface area contributed by atoms with E-state index < -0.39 is 0 Å². The van der Waals surface area contributed by atoms with Crippen LogP contribution in [0.15, 0.2) is 42.6 Å². The van der Waals surface area contributed by atoms with Crippen LogP contribution in [0, 0.1) is 0 Å². The van der Waals surface area contributed by atoms with Crippen molar-refractivity contribution in [2.45, 2.75) is 32.6 Å². The van der Waals surface area contributed by atoms with Crippen LogP contribution in [0.2, 0.25) is 0 Å². The number of carbonyl (C=O) groups excluding carboxylic acids is 2. The van der Waals surface area contributed by atoms with Gasteiger partial charge in [-0.2, -0.15) is 0 Å². The molecule has 0 spiro atoms. The van der Waals surface area contributed by atoms with Gasteiger partial charge in [0.1, 0.15) is 11.4 Å². The van der Waals surface area contributed by atoms with Crippen molar-refractivity contribution >= 4 is 17.4 Å². The van der Waals surface area contributed by atoms with Gasteiger partial charge < -0.3 is 9.64 Å². The Hall–Kier alpha value is -2.56. The van der Waals surface area contributed by atoms with Gasteiger partial charge in [-0.1, -0.05) is 25.1 Å². The number of ether oxygens (including phenoxy) is 1. The average Bonchev–Trinajstić information content (AvgIpc) is 2.92. The van der Waals surface area contributed by atoms with Gasteiger partial charge in [-0.25, -0.2) is 0 Å². The van der Waals surface area contributed by atoms with E-state index in [2.05, 4.69) is 18.4 Å². The fourth-order valence-corrected chi connectivity index (χ4v) is 3.47. The highest BCUT2D eigenvalue weighted by molar-refractivity contribution is 6.35. The molecule has 0 radical (unpaired) electrons. The summed E-state index contributed by atoms with van der Waals surface area (Å²) in [7, 11) is 0. The largest absolute Gasteiger partial charge is 0.494 e. The van der Waals surface area contributed by atoms with Crippen molar-refractivity contribution in [2.75, 3.05) is 26.2 Å². The minimum absolute atomic E-state index is 0.210. The number of rotatable bonds is 7. The van der Waals surface area contributed by atoms with E-state index in [4.69, 9.17) is 4.74 Å². The zero-order valence-corrected chi connectivity index (χ0v) is 15.4. The number of hydrogen-bond donors (Lipinski definition) is 0. The molecular formula is C21H26N2O3. The molecule has 3 rings (SSSR count). The molecule has 1 fully saturated rings. The minimum atomic E-state index is -0.238. The molecule has 0 aromatic heterocycles. The van der Waals surface area contributed by atoms with Crippen LogP contribution in [-0.2, 0) is 9.59 Å². The molecule has 0 atom stereocenters. The molecule has 0 unspecified atom stereocenters. The van der Waals surface area contributed by atoms with E-state index in [1.54, 1.807) is 6.08 Å². The van der Waals surface area contributed by atoms with Crippen LogP contribution in [0.1, 0.15) is 38.2 Å². The van der Waals surface area contributed by atoms with E-state index >= 15 is 0 Å². The topological polar surface area (TPSA) is 49.9 Å². The van der Waals surface area contributed by atoms with Crippen molar-refractivity contribution in [1.82, 2.24) is 9.80 Å². The Kier molecular flexibility index (Phi) is 5.76. The quantitative estimate of drug-likeness (QED) is 0.557. The highest BCUT2D eigenvalue weighted by Crippen LogP contribution is 2.33. The molecule has 2 aliphatic heterocycles. The van der Waals surface area contributed by atoms with Crippen molar-refractivity contribution in [2.24, 2.45) is 0 Å². The molecule has 138 valence electrons. The molecule has 5 nitrogen and oxygen atoms in total. The van der Waals surface area contributed by atoms with E-state index in [1.165, 1.54) is 11.3 Å². The summed E-state index contributed by atoms with van der Waals surface area (Å²) in [5.41, 5.74) is 1.80. The second-order valence-electron chi connectivity index (χ2n) is 6.65. The van der Waals surface area contributed by atoms with Crippen molar-refractivity contribution in [3.63, 3.8) is 0 Å². The smallest absolute Gasteiger partial charge is 0.278 e. The van der Waals surface area contributed by atoms with E-state index in [-0.39, 0.29) is 18.4 Å². The first-order valence-corrected chi connectivity index (χ1v) is 9.37. The molecule has 5 heteroatoms. The van der Waals surface area contributed by atoms with Crippen LogP contribution >= 0.6 is 0 Å². The van der Waals surface area contributed by atoms with Crippen molar-refractivity contribution in [3.05, 3.63) is 48.2 Å². The van der Waals surface area contributed by atoms with Crippen LogP contribution in [0.5, 0.6) is 5.75 Å². The zero-order valence-electron chi connectivity index (χ0n) is 15.4. The van der Waals surface area contributed by atoms with Crippen LogP contribution in [-0.4, -0.2) is 47.9 Å². The molecule has 26 heavy (non-hydrogen) atoms. The highest BCUT2D eigenvalue weighted by Gasteiger charge is 2.41. The van der Waals surface area contributed by atoms with Crippen LogP contribution in [0.4, 0.5) is 0 Å². The van der Waals surface area contributed by atoms with Crippen molar-refractivity contribution in [1.29, 1.82) is 0 Å². The number of benzene rings is 1. The molecule has 0 aliphatic carbocycles.